The number of nitro groups is 1. The van der Waals surface area contributed by atoms with Gasteiger partial charge in [-0.1, -0.05) is 29.8 Å². The molecule has 0 saturated carbocycles. The molecule has 0 atom stereocenters. The van der Waals surface area contributed by atoms with E-state index in [1.54, 1.807) is 12.1 Å². The van der Waals surface area contributed by atoms with E-state index in [1.807, 2.05) is 36.1 Å². The minimum atomic E-state index is -1.82. The molecule has 33 heavy (non-hydrogen) atoms. The van der Waals surface area contributed by atoms with Gasteiger partial charge in [-0.05, 0) is 24.6 Å². The maximum absolute atomic E-state index is 12.3. The summed E-state index contributed by atoms with van der Waals surface area (Å²) in [6, 6.07) is 14.3. The van der Waals surface area contributed by atoms with Gasteiger partial charge in [0.15, 0.2) is 6.61 Å². The number of carboxylic acid groups (broad SMARTS) is 2. The van der Waals surface area contributed by atoms with E-state index in [0.29, 0.717) is 18.8 Å². The van der Waals surface area contributed by atoms with Gasteiger partial charge in [0.05, 0.1) is 4.92 Å². The van der Waals surface area contributed by atoms with Crippen molar-refractivity contribution < 1.29 is 34.3 Å². The Morgan fingerprint density at radius 2 is 1.48 bits per heavy atom. The molecule has 1 aliphatic heterocycles. The number of piperazine rings is 1. The third kappa shape index (κ3) is 8.57. The minimum absolute atomic E-state index is 0.00874. The summed E-state index contributed by atoms with van der Waals surface area (Å²) >= 11 is 0. The van der Waals surface area contributed by atoms with Crippen LogP contribution in [0, 0.1) is 17.0 Å². The highest BCUT2D eigenvalue weighted by Gasteiger charge is 2.21. The van der Waals surface area contributed by atoms with E-state index < -0.39 is 16.9 Å². The Balaban J connectivity index is 0.000000569. The fourth-order valence-electron chi connectivity index (χ4n) is 3.01. The van der Waals surface area contributed by atoms with E-state index in [1.165, 1.54) is 12.1 Å². The van der Waals surface area contributed by atoms with Crippen LogP contribution in [-0.2, 0) is 20.9 Å². The summed E-state index contributed by atoms with van der Waals surface area (Å²) in [5.41, 5.74) is 2.28. The van der Waals surface area contributed by atoms with Crippen LogP contribution in [0.4, 0.5) is 5.69 Å². The van der Waals surface area contributed by atoms with E-state index in [2.05, 4.69) is 4.90 Å². The highest BCUT2D eigenvalue weighted by atomic mass is 16.6. The lowest BCUT2D eigenvalue weighted by Gasteiger charge is -2.34. The molecule has 0 radical (unpaired) electrons. The predicted octanol–water partition coefficient (Wildman–Crippen LogP) is 1.78. The number of hydrogen-bond donors (Lipinski definition) is 2. The second kappa shape index (κ2) is 12.2. The Morgan fingerprint density at radius 3 is 1.97 bits per heavy atom. The molecule has 0 aromatic heterocycles. The zero-order chi connectivity index (χ0) is 24.4. The summed E-state index contributed by atoms with van der Waals surface area (Å²) in [4.78, 5) is 44.9. The first-order valence-corrected chi connectivity index (χ1v) is 10.0. The van der Waals surface area contributed by atoms with Crippen molar-refractivity contribution in [3.63, 3.8) is 0 Å². The Labute approximate surface area is 189 Å². The monoisotopic (exact) mass is 459 g/mol. The number of ether oxygens (including phenoxy) is 1. The molecular weight excluding hydrogens is 434 g/mol. The Kier molecular flexibility index (Phi) is 9.30. The summed E-state index contributed by atoms with van der Waals surface area (Å²) in [6.45, 7) is 5.63. The van der Waals surface area contributed by atoms with Crippen LogP contribution >= 0.6 is 0 Å². The number of amides is 1. The smallest absolute Gasteiger partial charge is 0.414 e. The normalized spacial score (nSPS) is 13.4. The number of aliphatic carboxylic acids is 2. The number of hydrogen-bond acceptors (Lipinski definition) is 7. The zero-order valence-corrected chi connectivity index (χ0v) is 18.0. The van der Waals surface area contributed by atoms with Crippen molar-refractivity contribution in [1.29, 1.82) is 0 Å². The van der Waals surface area contributed by atoms with Gasteiger partial charge >= 0.3 is 11.9 Å². The van der Waals surface area contributed by atoms with Crippen LogP contribution in [0.3, 0.4) is 0 Å². The quantitative estimate of drug-likeness (QED) is 0.374. The number of carbonyl (C=O) groups excluding carboxylic acids is 1. The number of rotatable bonds is 6. The maximum atomic E-state index is 12.3. The molecule has 1 aliphatic rings. The third-order valence-corrected chi connectivity index (χ3v) is 4.84. The number of nitrogens with zero attached hydrogens (tertiary/aromatic N) is 3. The van der Waals surface area contributed by atoms with Crippen molar-refractivity contribution in [1.82, 2.24) is 9.80 Å². The molecule has 11 nitrogen and oxygen atoms in total. The molecule has 0 bridgehead atoms. The fraction of sp³-hybridized carbons (Fsp3) is 0.318. The van der Waals surface area contributed by atoms with E-state index in [9.17, 15) is 14.9 Å². The topological polar surface area (TPSA) is 151 Å². The van der Waals surface area contributed by atoms with E-state index in [-0.39, 0.29) is 18.2 Å². The number of aryl methyl sites for hydroxylation is 1. The largest absolute Gasteiger partial charge is 0.484 e. The van der Waals surface area contributed by atoms with Crippen molar-refractivity contribution >= 4 is 23.5 Å². The van der Waals surface area contributed by atoms with Crippen LogP contribution in [0.1, 0.15) is 11.1 Å². The van der Waals surface area contributed by atoms with Crippen LogP contribution < -0.4 is 4.74 Å². The van der Waals surface area contributed by atoms with E-state index in [0.717, 1.165) is 30.8 Å². The fourth-order valence-corrected chi connectivity index (χ4v) is 3.01. The third-order valence-electron chi connectivity index (χ3n) is 4.84. The Bertz CT molecular complexity index is 956. The van der Waals surface area contributed by atoms with Crippen molar-refractivity contribution in [3.8, 4) is 5.75 Å². The number of benzene rings is 2. The van der Waals surface area contributed by atoms with Gasteiger partial charge in [-0.2, -0.15) is 0 Å². The van der Waals surface area contributed by atoms with Gasteiger partial charge in [-0.15, -0.1) is 0 Å². The molecule has 2 aromatic rings. The molecule has 1 heterocycles. The van der Waals surface area contributed by atoms with Gasteiger partial charge in [0, 0.05) is 44.9 Å². The molecule has 2 N–H and O–H groups in total. The minimum Gasteiger partial charge on any atom is -0.484 e. The Morgan fingerprint density at radius 1 is 0.939 bits per heavy atom. The van der Waals surface area contributed by atoms with Crippen molar-refractivity contribution in [2.45, 2.75) is 13.5 Å². The molecule has 176 valence electrons. The molecule has 0 aliphatic carbocycles. The van der Waals surface area contributed by atoms with Gasteiger partial charge in [-0.3, -0.25) is 19.8 Å². The first-order chi connectivity index (χ1) is 15.7. The van der Waals surface area contributed by atoms with Crippen molar-refractivity contribution in [3.05, 3.63) is 69.8 Å². The zero-order valence-electron chi connectivity index (χ0n) is 18.0. The van der Waals surface area contributed by atoms with Crippen LogP contribution in [0.15, 0.2) is 48.5 Å². The molecule has 1 fully saturated rings. The molecule has 1 amide bonds. The molecule has 1 saturated heterocycles. The van der Waals surface area contributed by atoms with Gasteiger partial charge < -0.3 is 19.8 Å². The summed E-state index contributed by atoms with van der Waals surface area (Å²) in [7, 11) is 0. The highest BCUT2D eigenvalue weighted by molar-refractivity contribution is 6.27. The first-order valence-electron chi connectivity index (χ1n) is 10.0. The molecule has 3 rings (SSSR count). The van der Waals surface area contributed by atoms with Crippen LogP contribution in [0.5, 0.6) is 5.75 Å². The van der Waals surface area contributed by atoms with E-state index in [4.69, 9.17) is 24.5 Å². The van der Waals surface area contributed by atoms with Crippen molar-refractivity contribution in [2.24, 2.45) is 0 Å². The standard InChI is InChI=1S/C20H23N3O4.C2H2O4/c1-16-2-8-19(9-3-16)27-15-20(24)22-12-10-21(11-13-22)14-17-4-6-18(7-5-17)23(25)26;3-1(4)2(5)6/h2-9H,10-15H2,1H3;(H,3,4)(H,5,6). The number of carbonyl (C=O) groups is 3. The summed E-state index contributed by atoms with van der Waals surface area (Å²) in [5.74, 6) is -2.96. The Hall–Kier alpha value is -3.99. The van der Waals surface area contributed by atoms with E-state index >= 15 is 0 Å². The second-order valence-corrected chi connectivity index (χ2v) is 7.29. The highest BCUT2D eigenvalue weighted by Crippen LogP contribution is 2.15. The average molecular weight is 459 g/mol. The average Bonchev–Trinajstić information content (AvgIpc) is 2.79. The lowest BCUT2D eigenvalue weighted by molar-refractivity contribution is -0.384. The van der Waals surface area contributed by atoms with Crippen molar-refractivity contribution in [2.75, 3.05) is 32.8 Å². The summed E-state index contributed by atoms with van der Waals surface area (Å²) in [6.07, 6.45) is 0. The predicted molar refractivity (Wildman–Crippen MR) is 117 cm³/mol. The SMILES string of the molecule is Cc1ccc(OCC(=O)N2CCN(Cc3ccc([N+](=O)[O-])cc3)CC2)cc1.O=C(O)C(=O)O. The van der Waals surface area contributed by atoms with Gasteiger partial charge in [0.25, 0.3) is 11.6 Å². The van der Waals surface area contributed by atoms with Crippen LogP contribution in [0.2, 0.25) is 0 Å². The van der Waals surface area contributed by atoms with Gasteiger partial charge in [0.1, 0.15) is 5.75 Å². The number of nitro benzene ring substituents is 1. The summed E-state index contributed by atoms with van der Waals surface area (Å²) < 4.78 is 5.57. The molecule has 2 aromatic carbocycles. The second-order valence-electron chi connectivity index (χ2n) is 7.29. The van der Waals surface area contributed by atoms with Gasteiger partial charge in [0.2, 0.25) is 0 Å². The molecule has 0 unspecified atom stereocenters. The first kappa shape index (κ1) is 25.3. The molecular formula is C22H25N3O8. The molecule has 11 heteroatoms. The maximum Gasteiger partial charge on any atom is 0.414 e. The lowest BCUT2D eigenvalue weighted by Crippen LogP contribution is -2.49. The number of carboxylic acids is 2. The lowest BCUT2D eigenvalue weighted by atomic mass is 10.2. The number of non-ortho nitro benzene ring substituents is 1. The van der Waals surface area contributed by atoms with Crippen LogP contribution in [-0.4, -0.2) is 75.6 Å². The van der Waals surface area contributed by atoms with Crippen LogP contribution in [0.25, 0.3) is 0 Å². The van der Waals surface area contributed by atoms with Gasteiger partial charge in [-0.25, -0.2) is 9.59 Å². The summed E-state index contributed by atoms with van der Waals surface area (Å²) in [5, 5.41) is 25.5. The molecule has 0 spiro atoms.